The highest BCUT2D eigenvalue weighted by Crippen LogP contribution is 2.30. The fourth-order valence-corrected chi connectivity index (χ4v) is 3.46. The summed E-state index contributed by atoms with van der Waals surface area (Å²) in [6, 6.07) is 4.41. The Kier molecular flexibility index (Phi) is 7.19. The first-order valence-corrected chi connectivity index (χ1v) is 8.83. The minimum Gasteiger partial charge on any atom is -0.494 e. The molecule has 1 aliphatic heterocycles. The van der Waals surface area contributed by atoms with Gasteiger partial charge in [-0.15, -0.1) is 12.4 Å². The van der Waals surface area contributed by atoms with Gasteiger partial charge in [0.2, 0.25) is 5.76 Å². The molecule has 1 amide bonds. The maximum absolute atomic E-state index is 13.4. The van der Waals surface area contributed by atoms with Crippen molar-refractivity contribution in [2.45, 2.75) is 6.42 Å². The number of halogens is 2. The Morgan fingerprint density at radius 1 is 1.31 bits per heavy atom. The van der Waals surface area contributed by atoms with E-state index in [1.165, 1.54) is 29.7 Å². The van der Waals surface area contributed by atoms with E-state index in [9.17, 15) is 9.18 Å². The number of fused-ring (bicyclic) bond motifs is 1. The zero-order chi connectivity index (χ0) is 17.8. The Bertz CT molecular complexity index is 797. The van der Waals surface area contributed by atoms with Crippen LogP contribution in [0.4, 0.5) is 9.52 Å². The number of anilines is 1. The van der Waals surface area contributed by atoms with Gasteiger partial charge in [-0.25, -0.2) is 9.37 Å². The van der Waals surface area contributed by atoms with Gasteiger partial charge in [-0.3, -0.25) is 9.69 Å². The molecule has 0 saturated heterocycles. The third kappa shape index (κ3) is 4.84. The van der Waals surface area contributed by atoms with Crippen LogP contribution in [0, 0.1) is 5.82 Å². The first kappa shape index (κ1) is 20.4. The van der Waals surface area contributed by atoms with Crippen molar-refractivity contribution in [3.63, 3.8) is 0 Å². The van der Waals surface area contributed by atoms with Crippen LogP contribution in [-0.4, -0.2) is 56.2 Å². The molecule has 0 spiro atoms. The van der Waals surface area contributed by atoms with Crippen molar-refractivity contribution < 1.29 is 18.7 Å². The maximum atomic E-state index is 13.4. The molecule has 3 rings (SSSR count). The highest BCUT2D eigenvalue weighted by atomic mass is 35.5. The van der Waals surface area contributed by atoms with Gasteiger partial charge in [-0.1, -0.05) is 11.3 Å². The summed E-state index contributed by atoms with van der Waals surface area (Å²) >= 11 is 1.29. The Hall–Kier alpha value is -1.90. The quantitative estimate of drug-likeness (QED) is 0.744. The van der Waals surface area contributed by atoms with Gasteiger partial charge in [0.05, 0.1) is 10.2 Å². The minimum atomic E-state index is -0.320. The van der Waals surface area contributed by atoms with E-state index in [1.807, 2.05) is 14.1 Å². The van der Waals surface area contributed by atoms with Gasteiger partial charge in [-0.05, 0) is 45.3 Å². The van der Waals surface area contributed by atoms with Gasteiger partial charge in [-0.2, -0.15) is 0 Å². The van der Waals surface area contributed by atoms with Crippen LogP contribution >= 0.6 is 23.7 Å². The number of thiazole rings is 1. The number of hydrogen-bond donors (Lipinski definition) is 0. The van der Waals surface area contributed by atoms with Gasteiger partial charge < -0.3 is 14.4 Å². The van der Waals surface area contributed by atoms with Crippen molar-refractivity contribution in [2.75, 3.05) is 45.3 Å². The molecule has 142 valence electrons. The molecule has 0 N–H and O–H groups in total. The summed E-state index contributed by atoms with van der Waals surface area (Å²) in [4.78, 5) is 21.0. The first-order chi connectivity index (χ1) is 12.0. The molecule has 9 heteroatoms. The molecule has 0 atom stereocenters. The Morgan fingerprint density at radius 3 is 2.81 bits per heavy atom. The normalized spacial score (nSPS) is 13.6. The smallest absolute Gasteiger partial charge is 0.298 e. The number of hydrogen-bond acceptors (Lipinski definition) is 6. The minimum absolute atomic E-state index is 0. The van der Waals surface area contributed by atoms with E-state index in [4.69, 9.17) is 9.47 Å². The third-order valence-electron chi connectivity index (χ3n) is 3.66. The summed E-state index contributed by atoms with van der Waals surface area (Å²) in [6.45, 7) is 2.09. The molecule has 2 aromatic rings. The van der Waals surface area contributed by atoms with Crippen LogP contribution in [0.25, 0.3) is 10.2 Å². The van der Waals surface area contributed by atoms with Crippen molar-refractivity contribution in [1.82, 2.24) is 9.88 Å². The Balaban J connectivity index is 0.00000243. The maximum Gasteiger partial charge on any atom is 0.298 e. The van der Waals surface area contributed by atoms with E-state index in [0.29, 0.717) is 35.1 Å². The third-order valence-corrected chi connectivity index (χ3v) is 4.70. The van der Waals surface area contributed by atoms with Gasteiger partial charge in [0.15, 0.2) is 5.13 Å². The van der Waals surface area contributed by atoms with Crippen molar-refractivity contribution in [2.24, 2.45) is 0 Å². The van der Waals surface area contributed by atoms with Gasteiger partial charge in [0.1, 0.15) is 25.3 Å². The van der Waals surface area contributed by atoms with Crippen LogP contribution in [0.3, 0.4) is 0 Å². The van der Waals surface area contributed by atoms with Crippen LogP contribution < -0.4 is 4.90 Å². The molecule has 0 radical (unpaired) electrons. The second-order valence-corrected chi connectivity index (χ2v) is 6.93. The van der Waals surface area contributed by atoms with Crippen LogP contribution in [0.5, 0.6) is 0 Å². The molecule has 1 aromatic heterocycles. The van der Waals surface area contributed by atoms with E-state index < -0.39 is 0 Å². The molecule has 26 heavy (non-hydrogen) atoms. The lowest BCUT2D eigenvalue weighted by molar-refractivity contribution is -0.119. The number of benzene rings is 1. The van der Waals surface area contributed by atoms with Gasteiger partial charge >= 0.3 is 0 Å². The van der Waals surface area contributed by atoms with Crippen molar-refractivity contribution in [1.29, 1.82) is 0 Å². The summed E-state index contributed by atoms with van der Waals surface area (Å²) in [7, 11) is 3.96. The second-order valence-electron chi connectivity index (χ2n) is 5.92. The number of carbonyl (C=O) groups excluding carboxylic acids is 1. The van der Waals surface area contributed by atoms with Crippen molar-refractivity contribution in [3.8, 4) is 0 Å². The molecule has 0 aliphatic carbocycles. The number of carbonyl (C=O) groups is 1. The van der Waals surface area contributed by atoms with E-state index in [0.717, 1.165) is 13.0 Å². The summed E-state index contributed by atoms with van der Waals surface area (Å²) < 4.78 is 24.8. The molecular formula is C17H21ClFN3O3S. The molecule has 1 aliphatic rings. The summed E-state index contributed by atoms with van der Waals surface area (Å²) in [5.74, 6) is -0.445. The highest BCUT2D eigenvalue weighted by molar-refractivity contribution is 7.22. The van der Waals surface area contributed by atoms with Crippen molar-refractivity contribution in [3.05, 3.63) is 36.0 Å². The Labute approximate surface area is 161 Å². The monoisotopic (exact) mass is 401 g/mol. The molecule has 0 saturated carbocycles. The highest BCUT2D eigenvalue weighted by Gasteiger charge is 2.26. The second kappa shape index (κ2) is 9.16. The number of aromatic nitrogens is 1. The molecule has 6 nitrogen and oxygen atoms in total. The van der Waals surface area contributed by atoms with Crippen LogP contribution in [0.2, 0.25) is 0 Å². The standard InChI is InChI=1S/C17H20FN3O3S.ClH/c1-20(2)6-3-7-21(16(22)14-11-23-8-9-24-14)17-19-13-5-4-12(18)10-15(13)25-17;/h4-5,10-11H,3,6-9H2,1-2H3;1H. The molecular weight excluding hydrogens is 381 g/mol. The number of nitrogens with zero attached hydrogens (tertiary/aromatic N) is 3. The molecule has 2 heterocycles. The predicted octanol–water partition coefficient (Wildman–Crippen LogP) is 3.03. The van der Waals surface area contributed by atoms with Crippen LogP contribution in [-0.2, 0) is 14.3 Å². The number of rotatable bonds is 6. The topological polar surface area (TPSA) is 54.9 Å². The lowest BCUT2D eigenvalue weighted by Gasteiger charge is -2.23. The molecule has 1 aromatic carbocycles. The summed E-state index contributed by atoms with van der Waals surface area (Å²) in [5.41, 5.74) is 0.668. The zero-order valence-electron chi connectivity index (χ0n) is 14.6. The van der Waals surface area contributed by atoms with Crippen molar-refractivity contribution >= 4 is 45.0 Å². The average molecular weight is 402 g/mol. The average Bonchev–Trinajstić information content (AvgIpc) is 3.01. The van der Waals surface area contributed by atoms with Gasteiger partial charge in [0.25, 0.3) is 5.91 Å². The van der Waals surface area contributed by atoms with E-state index >= 15 is 0 Å². The van der Waals surface area contributed by atoms with E-state index in [2.05, 4.69) is 9.88 Å². The largest absolute Gasteiger partial charge is 0.494 e. The first-order valence-electron chi connectivity index (χ1n) is 8.02. The lowest BCUT2D eigenvalue weighted by Crippen LogP contribution is -2.36. The molecule has 0 fully saturated rings. The predicted molar refractivity (Wildman–Crippen MR) is 102 cm³/mol. The molecule has 0 bridgehead atoms. The van der Waals surface area contributed by atoms with E-state index in [1.54, 1.807) is 11.0 Å². The van der Waals surface area contributed by atoms with Gasteiger partial charge in [0, 0.05) is 6.54 Å². The fourth-order valence-electron chi connectivity index (χ4n) is 2.44. The number of ether oxygens (including phenoxy) is 2. The number of amides is 1. The lowest BCUT2D eigenvalue weighted by atomic mass is 10.3. The van der Waals surface area contributed by atoms with Crippen LogP contribution in [0.15, 0.2) is 30.2 Å². The summed E-state index contributed by atoms with van der Waals surface area (Å²) in [5, 5.41) is 0.527. The van der Waals surface area contributed by atoms with Crippen LogP contribution in [0.1, 0.15) is 6.42 Å². The summed E-state index contributed by atoms with van der Waals surface area (Å²) in [6.07, 6.45) is 2.12. The van der Waals surface area contributed by atoms with E-state index in [-0.39, 0.29) is 29.9 Å². The Morgan fingerprint density at radius 2 is 2.12 bits per heavy atom. The molecule has 0 unspecified atom stereocenters. The fraction of sp³-hybridized carbons (Fsp3) is 0.412. The zero-order valence-corrected chi connectivity index (χ0v) is 16.2. The SMILES string of the molecule is CN(C)CCCN(C(=O)C1=COCCO1)c1nc2ccc(F)cc2s1.Cl.